The number of hydrogen-bond acceptors (Lipinski definition) is 2. The van der Waals surface area contributed by atoms with Gasteiger partial charge >= 0.3 is 0 Å². The van der Waals surface area contributed by atoms with Gasteiger partial charge in [0, 0.05) is 18.3 Å². The molecule has 2 heteroatoms. The Kier molecular flexibility index (Phi) is 2.82. The molecule has 0 radical (unpaired) electrons. The van der Waals surface area contributed by atoms with E-state index in [4.69, 9.17) is 0 Å². The van der Waals surface area contributed by atoms with Crippen molar-refractivity contribution < 1.29 is 0 Å². The largest absolute Gasteiger partial charge is 0.308 e. The minimum Gasteiger partial charge on any atom is -0.308 e. The van der Waals surface area contributed by atoms with Gasteiger partial charge in [-0.25, -0.2) is 0 Å². The molecule has 0 unspecified atom stereocenters. The average molecular weight is 190 g/mol. The van der Waals surface area contributed by atoms with Gasteiger partial charge in [-0.3, -0.25) is 4.98 Å². The summed E-state index contributed by atoms with van der Waals surface area (Å²) in [5, 5.41) is 3.53. The van der Waals surface area contributed by atoms with Gasteiger partial charge in [0.1, 0.15) is 0 Å². The molecule has 1 N–H and O–H groups in total. The lowest BCUT2D eigenvalue weighted by Crippen LogP contribution is -2.39. The van der Waals surface area contributed by atoms with E-state index in [1.54, 1.807) is 0 Å². The standard InChI is InChI=1S/C12H18N2/c1-9-6-12(7-9)13-8-11-5-3-4-10(2)14-11/h3-5,9,12-13H,6-8H2,1-2H3. The van der Waals surface area contributed by atoms with Crippen molar-refractivity contribution in [2.75, 3.05) is 0 Å². The summed E-state index contributed by atoms with van der Waals surface area (Å²) in [6, 6.07) is 6.92. The monoisotopic (exact) mass is 190 g/mol. The molecule has 2 rings (SSSR count). The van der Waals surface area contributed by atoms with Gasteiger partial charge in [0.2, 0.25) is 0 Å². The van der Waals surface area contributed by atoms with Crippen LogP contribution in [0.5, 0.6) is 0 Å². The van der Waals surface area contributed by atoms with Crippen LogP contribution in [0.25, 0.3) is 0 Å². The van der Waals surface area contributed by atoms with Gasteiger partial charge in [-0.1, -0.05) is 13.0 Å². The number of pyridine rings is 1. The van der Waals surface area contributed by atoms with Crippen LogP contribution < -0.4 is 5.32 Å². The minimum atomic E-state index is 0.729. The molecule has 14 heavy (non-hydrogen) atoms. The second kappa shape index (κ2) is 4.09. The highest BCUT2D eigenvalue weighted by molar-refractivity contribution is 5.09. The molecule has 1 saturated carbocycles. The lowest BCUT2D eigenvalue weighted by atomic mass is 9.82. The number of nitrogens with one attached hydrogen (secondary N) is 1. The summed E-state index contributed by atoms with van der Waals surface area (Å²) in [7, 11) is 0. The highest BCUT2D eigenvalue weighted by atomic mass is 14.9. The smallest absolute Gasteiger partial charge is 0.0544 e. The van der Waals surface area contributed by atoms with E-state index in [9.17, 15) is 0 Å². The zero-order chi connectivity index (χ0) is 9.97. The fourth-order valence-corrected chi connectivity index (χ4v) is 2.02. The number of hydrogen-bond donors (Lipinski definition) is 1. The molecule has 0 atom stereocenters. The van der Waals surface area contributed by atoms with Crippen LogP contribution >= 0.6 is 0 Å². The highest BCUT2D eigenvalue weighted by Gasteiger charge is 2.24. The summed E-state index contributed by atoms with van der Waals surface area (Å²) in [5.74, 6) is 0.915. The van der Waals surface area contributed by atoms with Gasteiger partial charge in [0.05, 0.1) is 5.69 Å². The van der Waals surface area contributed by atoms with Crippen LogP contribution in [0.2, 0.25) is 0 Å². The van der Waals surface area contributed by atoms with E-state index in [1.165, 1.54) is 12.8 Å². The molecular weight excluding hydrogens is 172 g/mol. The third kappa shape index (κ3) is 2.32. The first kappa shape index (κ1) is 9.66. The van der Waals surface area contributed by atoms with Crippen LogP contribution in [0.4, 0.5) is 0 Å². The van der Waals surface area contributed by atoms with Crippen molar-refractivity contribution >= 4 is 0 Å². The maximum Gasteiger partial charge on any atom is 0.0544 e. The van der Waals surface area contributed by atoms with Crippen molar-refractivity contribution in [3.05, 3.63) is 29.6 Å². The molecule has 1 aliphatic rings. The van der Waals surface area contributed by atoms with Gasteiger partial charge in [-0.15, -0.1) is 0 Å². The summed E-state index contributed by atoms with van der Waals surface area (Å²) < 4.78 is 0. The Labute approximate surface area is 85.7 Å². The van der Waals surface area contributed by atoms with Crippen LogP contribution in [-0.4, -0.2) is 11.0 Å². The number of nitrogens with zero attached hydrogens (tertiary/aromatic N) is 1. The van der Waals surface area contributed by atoms with E-state index in [0.717, 1.165) is 29.9 Å². The zero-order valence-electron chi connectivity index (χ0n) is 8.96. The first-order chi connectivity index (χ1) is 6.74. The highest BCUT2D eigenvalue weighted by Crippen LogP contribution is 2.26. The first-order valence-corrected chi connectivity index (χ1v) is 5.40. The molecule has 1 heterocycles. The van der Waals surface area contributed by atoms with Crippen molar-refractivity contribution in [3.63, 3.8) is 0 Å². The Bertz CT molecular complexity index is 303. The number of aryl methyl sites for hydroxylation is 1. The predicted octanol–water partition coefficient (Wildman–Crippen LogP) is 2.28. The molecule has 76 valence electrons. The summed E-state index contributed by atoms with van der Waals surface area (Å²) in [5.41, 5.74) is 2.26. The van der Waals surface area contributed by atoms with Crippen LogP contribution in [0.3, 0.4) is 0 Å². The van der Waals surface area contributed by atoms with Crippen molar-refractivity contribution in [1.82, 2.24) is 10.3 Å². The van der Waals surface area contributed by atoms with Gasteiger partial charge in [0.25, 0.3) is 0 Å². The van der Waals surface area contributed by atoms with E-state index in [1.807, 2.05) is 13.0 Å². The fourth-order valence-electron chi connectivity index (χ4n) is 2.02. The molecule has 0 saturated heterocycles. The molecule has 1 aliphatic carbocycles. The van der Waals surface area contributed by atoms with Crippen LogP contribution in [0.1, 0.15) is 31.2 Å². The molecule has 2 nitrogen and oxygen atoms in total. The maximum absolute atomic E-state index is 4.46. The Morgan fingerprint density at radius 2 is 2.21 bits per heavy atom. The average Bonchev–Trinajstić information content (AvgIpc) is 2.11. The van der Waals surface area contributed by atoms with Gasteiger partial charge in [-0.05, 0) is 37.8 Å². The van der Waals surface area contributed by atoms with Crippen LogP contribution in [0.15, 0.2) is 18.2 Å². The predicted molar refractivity (Wildman–Crippen MR) is 58.0 cm³/mol. The zero-order valence-corrected chi connectivity index (χ0v) is 8.96. The van der Waals surface area contributed by atoms with E-state index < -0.39 is 0 Å². The Hall–Kier alpha value is -0.890. The topological polar surface area (TPSA) is 24.9 Å². The second-order valence-corrected chi connectivity index (χ2v) is 4.42. The van der Waals surface area contributed by atoms with Gasteiger partial charge < -0.3 is 5.32 Å². The van der Waals surface area contributed by atoms with Crippen molar-refractivity contribution in [2.24, 2.45) is 5.92 Å². The normalized spacial score (nSPS) is 25.9. The number of rotatable bonds is 3. The molecule has 0 amide bonds. The van der Waals surface area contributed by atoms with E-state index in [2.05, 4.69) is 29.4 Å². The number of aromatic nitrogens is 1. The lowest BCUT2D eigenvalue weighted by molar-refractivity contribution is 0.239. The Morgan fingerprint density at radius 1 is 1.43 bits per heavy atom. The fraction of sp³-hybridized carbons (Fsp3) is 0.583. The maximum atomic E-state index is 4.46. The second-order valence-electron chi connectivity index (χ2n) is 4.42. The summed E-state index contributed by atoms with van der Waals surface area (Å²) in [6.45, 7) is 5.26. The van der Waals surface area contributed by atoms with Crippen LogP contribution in [-0.2, 0) is 6.54 Å². The minimum absolute atomic E-state index is 0.729. The molecule has 0 spiro atoms. The SMILES string of the molecule is Cc1cccc(CNC2CC(C)C2)n1. The first-order valence-electron chi connectivity index (χ1n) is 5.40. The Balaban J connectivity index is 1.80. The van der Waals surface area contributed by atoms with Gasteiger partial charge in [0.15, 0.2) is 0 Å². The third-order valence-corrected chi connectivity index (χ3v) is 2.89. The Morgan fingerprint density at radius 3 is 2.86 bits per heavy atom. The quantitative estimate of drug-likeness (QED) is 0.791. The molecule has 0 aliphatic heterocycles. The molecule has 1 aromatic heterocycles. The van der Waals surface area contributed by atoms with Crippen molar-refractivity contribution in [2.45, 2.75) is 39.3 Å². The van der Waals surface area contributed by atoms with E-state index in [0.29, 0.717) is 0 Å². The molecular formula is C12H18N2. The van der Waals surface area contributed by atoms with Crippen molar-refractivity contribution in [3.8, 4) is 0 Å². The van der Waals surface area contributed by atoms with Crippen molar-refractivity contribution in [1.29, 1.82) is 0 Å². The summed E-state index contributed by atoms with van der Waals surface area (Å²) in [6.07, 6.45) is 2.65. The lowest BCUT2D eigenvalue weighted by Gasteiger charge is -2.33. The molecule has 0 bridgehead atoms. The summed E-state index contributed by atoms with van der Waals surface area (Å²) >= 11 is 0. The molecule has 1 fully saturated rings. The molecule has 0 aromatic carbocycles. The third-order valence-electron chi connectivity index (χ3n) is 2.89. The summed E-state index contributed by atoms with van der Waals surface area (Å²) in [4.78, 5) is 4.46. The van der Waals surface area contributed by atoms with Crippen LogP contribution in [0, 0.1) is 12.8 Å². The van der Waals surface area contributed by atoms with E-state index >= 15 is 0 Å². The molecule has 1 aromatic rings. The van der Waals surface area contributed by atoms with E-state index in [-0.39, 0.29) is 0 Å². The van der Waals surface area contributed by atoms with Gasteiger partial charge in [-0.2, -0.15) is 0 Å².